The maximum absolute atomic E-state index is 6.18. The van der Waals surface area contributed by atoms with Crippen molar-refractivity contribution in [1.82, 2.24) is 4.98 Å². The lowest BCUT2D eigenvalue weighted by atomic mass is 9.86. The standard InChI is InChI=1S/C47H31NO/c1-4-14-32(15-5-1)43-30-38(31-44(48-43)33-16-6-2-7-17-33)35-20-12-21-36(28-35)39-23-13-24-40(47(39)34-18-8-3-9-19-34)37-26-27-46-42(29-37)41-22-10-11-25-45(41)49-46/h1-31H. The van der Waals surface area contributed by atoms with Crippen molar-refractivity contribution in [1.29, 1.82) is 0 Å². The van der Waals surface area contributed by atoms with Crippen molar-refractivity contribution in [2.45, 2.75) is 0 Å². The van der Waals surface area contributed by atoms with Crippen LogP contribution in [0.2, 0.25) is 0 Å². The first-order valence-electron chi connectivity index (χ1n) is 16.6. The molecule has 7 aromatic carbocycles. The lowest BCUT2D eigenvalue weighted by Gasteiger charge is -2.17. The summed E-state index contributed by atoms with van der Waals surface area (Å²) in [4.78, 5) is 5.11. The maximum atomic E-state index is 6.18. The van der Waals surface area contributed by atoms with Gasteiger partial charge in [-0.15, -0.1) is 0 Å². The van der Waals surface area contributed by atoms with Crippen LogP contribution in [0.1, 0.15) is 0 Å². The van der Waals surface area contributed by atoms with E-state index in [1.165, 1.54) is 22.3 Å². The number of rotatable bonds is 6. The molecule has 0 bridgehead atoms. The van der Waals surface area contributed by atoms with E-state index in [1.807, 2.05) is 24.3 Å². The summed E-state index contributed by atoms with van der Waals surface area (Å²) in [5, 5.41) is 2.26. The van der Waals surface area contributed by atoms with Gasteiger partial charge in [-0.25, -0.2) is 4.98 Å². The highest BCUT2D eigenvalue weighted by molar-refractivity contribution is 6.07. The fraction of sp³-hybridized carbons (Fsp3) is 0. The van der Waals surface area contributed by atoms with Crippen molar-refractivity contribution < 1.29 is 4.42 Å². The molecule has 49 heavy (non-hydrogen) atoms. The Balaban J connectivity index is 1.22. The Morgan fingerprint density at radius 1 is 0.306 bits per heavy atom. The van der Waals surface area contributed by atoms with Gasteiger partial charge >= 0.3 is 0 Å². The summed E-state index contributed by atoms with van der Waals surface area (Å²) in [6.07, 6.45) is 0. The van der Waals surface area contributed by atoms with Gasteiger partial charge in [0.2, 0.25) is 0 Å². The van der Waals surface area contributed by atoms with E-state index < -0.39 is 0 Å². The molecule has 0 spiro atoms. The molecular formula is C47H31NO. The number of hydrogen-bond acceptors (Lipinski definition) is 2. The van der Waals surface area contributed by atoms with Gasteiger partial charge in [0.05, 0.1) is 11.4 Å². The molecule has 0 saturated heterocycles. The third-order valence-corrected chi connectivity index (χ3v) is 9.29. The molecule has 0 unspecified atom stereocenters. The van der Waals surface area contributed by atoms with Gasteiger partial charge in [-0.3, -0.25) is 0 Å². The van der Waals surface area contributed by atoms with Gasteiger partial charge in [-0.1, -0.05) is 152 Å². The van der Waals surface area contributed by atoms with Gasteiger partial charge in [0.1, 0.15) is 11.2 Å². The zero-order valence-corrected chi connectivity index (χ0v) is 26.8. The summed E-state index contributed by atoms with van der Waals surface area (Å²) in [7, 11) is 0. The number of benzene rings is 7. The Hall–Kier alpha value is -6.51. The molecule has 230 valence electrons. The Morgan fingerprint density at radius 3 is 1.49 bits per heavy atom. The largest absolute Gasteiger partial charge is 0.456 e. The molecule has 0 amide bonds. The Labute approximate surface area is 285 Å². The fourth-order valence-electron chi connectivity index (χ4n) is 6.92. The van der Waals surface area contributed by atoms with Crippen molar-refractivity contribution in [2.24, 2.45) is 0 Å². The molecule has 0 fully saturated rings. The number of fused-ring (bicyclic) bond motifs is 3. The summed E-state index contributed by atoms with van der Waals surface area (Å²) in [5.41, 5.74) is 15.3. The minimum absolute atomic E-state index is 0.900. The van der Waals surface area contributed by atoms with Gasteiger partial charge in [0.15, 0.2) is 0 Å². The number of nitrogens with zero attached hydrogens (tertiary/aromatic N) is 1. The van der Waals surface area contributed by atoms with Gasteiger partial charge in [0.25, 0.3) is 0 Å². The first kappa shape index (κ1) is 28.7. The number of hydrogen-bond donors (Lipinski definition) is 0. The third kappa shape index (κ3) is 5.40. The van der Waals surface area contributed by atoms with E-state index >= 15 is 0 Å². The first-order valence-corrected chi connectivity index (χ1v) is 16.6. The highest BCUT2D eigenvalue weighted by atomic mass is 16.3. The van der Waals surface area contributed by atoms with Gasteiger partial charge < -0.3 is 4.42 Å². The van der Waals surface area contributed by atoms with Crippen molar-refractivity contribution in [3.8, 4) is 67.0 Å². The van der Waals surface area contributed by atoms with Crippen molar-refractivity contribution in [3.63, 3.8) is 0 Å². The second kappa shape index (κ2) is 12.3. The summed E-state index contributed by atoms with van der Waals surface area (Å²) >= 11 is 0. The van der Waals surface area contributed by atoms with Crippen LogP contribution in [-0.2, 0) is 0 Å². The van der Waals surface area contributed by atoms with E-state index in [4.69, 9.17) is 9.40 Å². The minimum Gasteiger partial charge on any atom is -0.456 e. The molecule has 0 aliphatic heterocycles. The number of para-hydroxylation sites is 1. The van der Waals surface area contributed by atoms with Crippen LogP contribution in [0.15, 0.2) is 192 Å². The summed E-state index contributed by atoms with van der Waals surface area (Å²) in [5.74, 6) is 0. The van der Waals surface area contributed by atoms with E-state index in [-0.39, 0.29) is 0 Å². The molecule has 0 atom stereocenters. The molecule has 2 nitrogen and oxygen atoms in total. The lowest BCUT2D eigenvalue weighted by Crippen LogP contribution is -1.93. The molecule has 9 aromatic rings. The Kier molecular flexibility index (Phi) is 7.18. The average molecular weight is 626 g/mol. The van der Waals surface area contributed by atoms with E-state index in [9.17, 15) is 0 Å². The molecule has 2 aromatic heterocycles. The molecule has 0 radical (unpaired) electrons. The second-order valence-electron chi connectivity index (χ2n) is 12.3. The van der Waals surface area contributed by atoms with Crippen molar-refractivity contribution >= 4 is 21.9 Å². The number of aromatic nitrogens is 1. The van der Waals surface area contributed by atoms with Crippen LogP contribution in [0.5, 0.6) is 0 Å². The molecule has 2 heterocycles. The summed E-state index contributed by atoms with van der Waals surface area (Å²) < 4.78 is 6.18. The van der Waals surface area contributed by atoms with Crippen LogP contribution < -0.4 is 0 Å². The van der Waals surface area contributed by atoms with E-state index in [0.29, 0.717) is 0 Å². The fourth-order valence-corrected chi connectivity index (χ4v) is 6.92. The van der Waals surface area contributed by atoms with Gasteiger partial charge in [0, 0.05) is 21.9 Å². The Morgan fingerprint density at radius 2 is 0.816 bits per heavy atom. The van der Waals surface area contributed by atoms with Crippen molar-refractivity contribution in [3.05, 3.63) is 188 Å². The lowest BCUT2D eigenvalue weighted by molar-refractivity contribution is 0.669. The van der Waals surface area contributed by atoms with Gasteiger partial charge in [-0.2, -0.15) is 0 Å². The smallest absolute Gasteiger partial charge is 0.135 e. The number of pyridine rings is 1. The van der Waals surface area contributed by atoms with E-state index in [0.717, 1.165) is 66.7 Å². The first-order chi connectivity index (χ1) is 24.3. The average Bonchev–Trinajstić information content (AvgIpc) is 3.56. The van der Waals surface area contributed by atoms with Crippen LogP contribution in [0, 0.1) is 0 Å². The zero-order valence-electron chi connectivity index (χ0n) is 26.8. The molecular weight excluding hydrogens is 595 g/mol. The van der Waals surface area contributed by atoms with Crippen LogP contribution in [0.3, 0.4) is 0 Å². The molecule has 0 aliphatic carbocycles. The minimum atomic E-state index is 0.900. The predicted molar refractivity (Wildman–Crippen MR) is 204 cm³/mol. The van der Waals surface area contributed by atoms with E-state index in [2.05, 4.69) is 164 Å². The topological polar surface area (TPSA) is 26.0 Å². The third-order valence-electron chi connectivity index (χ3n) is 9.29. The molecule has 9 rings (SSSR count). The quantitative estimate of drug-likeness (QED) is 0.184. The summed E-state index contributed by atoms with van der Waals surface area (Å²) in [6.45, 7) is 0. The highest BCUT2D eigenvalue weighted by Gasteiger charge is 2.17. The molecule has 0 saturated carbocycles. The Bertz CT molecular complexity index is 2530. The van der Waals surface area contributed by atoms with Crippen LogP contribution in [0.4, 0.5) is 0 Å². The monoisotopic (exact) mass is 625 g/mol. The zero-order chi connectivity index (χ0) is 32.6. The van der Waals surface area contributed by atoms with Crippen molar-refractivity contribution in [2.75, 3.05) is 0 Å². The number of furan rings is 1. The maximum Gasteiger partial charge on any atom is 0.135 e. The normalized spacial score (nSPS) is 11.3. The summed E-state index contributed by atoms with van der Waals surface area (Å²) in [6, 6.07) is 66.4. The van der Waals surface area contributed by atoms with Crippen LogP contribution in [0.25, 0.3) is 89.0 Å². The molecule has 0 N–H and O–H groups in total. The van der Waals surface area contributed by atoms with E-state index in [1.54, 1.807) is 0 Å². The molecule has 2 heteroatoms. The molecule has 0 aliphatic rings. The highest BCUT2D eigenvalue weighted by Crippen LogP contribution is 2.43. The van der Waals surface area contributed by atoms with Crippen LogP contribution >= 0.6 is 0 Å². The second-order valence-corrected chi connectivity index (χ2v) is 12.3. The predicted octanol–water partition coefficient (Wildman–Crippen LogP) is 13.0. The van der Waals surface area contributed by atoms with Gasteiger partial charge in [-0.05, 0) is 80.9 Å². The SMILES string of the molecule is c1ccc(-c2cc(-c3cccc(-c4cccc(-c5ccc6oc7ccccc7c6c5)c4-c4ccccc4)c3)cc(-c3ccccc3)n2)cc1. The van der Waals surface area contributed by atoms with Crippen LogP contribution in [-0.4, -0.2) is 4.98 Å².